The number of Topliss-reactive ketones (excluding diaryl/α,β-unsaturated/α-hetero) is 1. The molecule has 100 valence electrons. The molecule has 0 fully saturated rings. The highest BCUT2D eigenvalue weighted by Crippen LogP contribution is 2.23. The molecule has 4 nitrogen and oxygen atoms in total. The van der Waals surface area contributed by atoms with E-state index < -0.39 is 0 Å². The Bertz CT molecular complexity index is 656. The summed E-state index contributed by atoms with van der Waals surface area (Å²) in [4.78, 5) is 11.7. The zero-order valence-corrected chi connectivity index (χ0v) is 11.8. The van der Waals surface area contributed by atoms with Crippen molar-refractivity contribution in [1.29, 1.82) is 15.8 Å². The minimum Gasteiger partial charge on any atom is -0.295 e. The van der Waals surface area contributed by atoms with Gasteiger partial charge in [0.05, 0.1) is 17.2 Å². The molecular formula is C16H15N3O. The number of benzene rings is 1. The summed E-state index contributed by atoms with van der Waals surface area (Å²) < 4.78 is 0. The van der Waals surface area contributed by atoms with E-state index in [1.807, 2.05) is 26.0 Å². The lowest BCUT2D eigenvalue weighted by atomic mass is 9.86. The van der Waals surface area contributed by atoms with Gasteiger partial charge in [0.25, 0.3) is 0 Å². The first-order valence-electron chi connectivity index (χ1n) is 6.32. The van der Waals surface area contributed by atoms with Gasteiger partial charge in [-0.2, -0.15) is 15.8 Å². The van der Waals surface area contributed by atoms with E-state index in [4.69, 9.17) is 15.8 Å². The average molecular weight is 265 g/mol. The Morgan fingerprint density at radius 1 is 1.15 bits per heavy atom. The lowest BCUT2D eigenvalue weighted by Gasteiger charge is -2.16. The molecule has 0 spiro atoms. The van der Waals surface area contributed by atoms with Gasteiger partial charge in [-0.15, -0.1) is 0 Å². The summed E-state index contributed by atoms with van der Waals surface area (Å²) in [6, 6.07) is 9.15. The highest BCUT2D eigenvalue weighted by Gasteiger charge is 2.18. The van der Waals surface area contributed by atoms with Crippen molar-refractivity contribution in [2.24, 2.45) is 11.8 Å². The summed E-state index contributed by atoms with van der Waals surface area (Å²) in [5.74, 6) is -0.216. The predicted octanol–water partition coefficient (Wildman–Crippen LogP) is 2.97. The van der Waals surface area contributed by atoms with Gasteiger partial charge in [0.15, 0.2) is 5.78 Å². The fourth-order valence-electron chi connectivity index (χ4n) is 1.98. The summed E-state index contributed by atoms with van der Waals surface area (Å²) in [6.07, 6.45) is 0.532. The summed E-state index contributed by atoms with van der Waals surface area (Å²) in [6.45, 7) is 5.19. The first kappa shape index (κ1) is 15.4. The normalized spacial score (nSPS) is 12.6. The van der Waals surface area contributed by atoms with Crippen molar-refractivity contribution < 1.29 is 4.79 Å². The van der Waals surface area contributed by atoms with Gasteiger partial charge in [0, 0.05) is 11.5 Å². The Labute approximate surface area is 118 Å². The van der Waals surface area contributed by atoms with E-state index >= 15 is 0 Å². The van der Waals surface area contributed by atoms with Gasteiger partial charge in [0.1, 0.15) is 12.1 Å². The van der Waals surface area contributed by atoms with E-state index in [2.05, 4.69) is 6.07 Å². The molecule has 1 rings (SSSR count). The zero-order valence-electron chi connectivity index (χ0n) is 11.8. The smallest absolute Gasteiger partial charge is 0.160 e. The molecule has 0 aromatic heterocycles. The first-order valence-corrected chi connectivity index (χ1v) is 6.32. The SMILES string of the molecule is CC(=O)c1cc(C#N)c(C#N)cc1CC(C)[C@H](C)C#N. The van der Waals surface area contributed by atoms with E-state index in [1.165, 1.54) is 13.0 Å². The molecule has 1 unspecified atom stereocenters. The van der Waals surface area contributed by atoms with Gasteiger partial charge >= 0.3 is 0 Å². The number of hydrogen-bond donors (Lipinski definition) is 0. The van der Waals surface area contributed by atoms with Gasteiger partial charge in [-0.1, -0.05) is 6.92 Å². The molecule has 1 aromatic rings. The number of carbonyl (C=O) groups is 1. The minimum atomic E-state index is -0.143. The maximum Gasteiger partial charge on any atom is 0.160 e. The Morgan fingerprint density at radius 2 is 1.70 bits per heavy atom. The number of rotatable bonds is 4. The van der Waals surface area contributed by atoms with Crippen molar-refractivity contribution in [2.75, 3.05) is 0 Å². The van der Waals surface area contributed by atoms with Crippen LogP contribution in [0.5, 0.6) is 0 Å². The van der Waals surface area contributed by atoms with Gasteiger partial charge in [0.2, 0.25) is 0 Å². The maximum absolute atomic E-state index is 11.7. The highest BCUT2D eigenvalue weighted by atomic mass is 16.1. The minimum absolute atomic E-state index is 0.0672. The molecule has 0 aliphatic heterocycles. The lowest BCUT2D eigenvalue weighted by molar-refractivity contribution is 0.101. The Kier molecular flexibility index (Phi) is 5.01. The molecule has 0 aliphatic carbocycles. The molecule has 0 aliphatic rings. The van der Waals surface area contributed by atoms with Crippen LogP contribution in [0.2, 0.25) is 0 Å². The molecule has 0 N–H and O–H groups in total. The van der Waals surface area contributed by atoms with Crippen molar-refractivity contribution >= 4 is 5.78 Å². The van der Waals surface area contributed by atoms with Crippen molar-refractivity contribution in [2.45, 2.75) is 27.2 Å². The largest absolute Gasteiger partial charge is 0.295 e. The van der Waals surface area contributed by atoms with Crippen molar-refractivity contribution in [1.82, 2.24) is 0 Å². The third kappa shape index (κ3) is 3.22. The third-order valence-corrected chi connectivity index (χ3v) is 3.46. The summed E-state index contributed by atoms with van der Waals surface area (Å²) in [7, 11) is 0. The molecule has 4 heteroatoms. The molecule has 0 saturated carbocycles. The van der Waals surface area contributed by atoms with Crippen LogP contribution in [0.4, 0.5) is 0 Å². The summed E-state index contributed by atoms with van der Waals surface area (Å²) >= 11 is 0. The molecule has 20 heavy (non-hydrogen) atoms. The molecule has 0 saturated heterocycles. The lowest BCUT2D eigenvalue weighted by Crippen LogP contribution is -2.12. The van der Waals surface area contributed by atoms with E-state index in [1.54, 1.807) is 6.07 Å². The predicted molar refractivity (Wildman–Crippen MR) is 73.5 cm³/mol. The first-order chi connectivity index (χ1) is 9.44. The molecular weight excluding hydrogens is 250 g/mol. The van der Waals surface area contributed by atoms with Crippen LogP contribution in [-0.2, 0) is 6.42 Å². The van der Waals surface area contributed by atoms with Crippen LogP contribution in [0.25, 0.3) is 0 Å². The Morgan fingerprint density at radius 3 is 2.15 bits per heavy atom. The van der Waals surface area contributed by atoms with Gasteiger partial charge in [-0.25, -0.2) is 0 Å². The van der Waals surface area contributed by atoms with Crippen LogP contribution in [0, 0.1) is 45.8 Å². The van der Waals surface area contributed by atoms with Crippen LogP contribution in [-0.4, -0.2) is 5.78 Å². The Hall–Kier alpha value is -2.64. The fourth-order valence-corrected chi connectivity index (χ4v) is 1.98. The topological polar surface area (TPSA) is 88.4 Å². The third-order valence-electron chi connectivity index (χ3n) is 3.46. The van der Waals surface area contributed by atoms with E-state index in [9.17, 15) is 4.79 Å². The van der Waals surface area contributed by atoms with Crippen LogP contribution in [0.1, 0.15) is 47.8 Å². The van der Waals surface area contributed by atoms with Crippen molar-refractivity contribution in [3.63, 3.8) is 0 Å². The molecule has 0 radical (unpaired) electrons. The van der Waals surface area contributed by atoms with E-state index in [0.717, 1.165) is 5.56 Å². The van der Waals surface area contributed by atoms with Gasteiger partial charge in [-0.05, 0) is 43.9 Å². The van der Waals surface area contributed by atoms with Crippen LogP contribution in [0.3, 0.4) is 0 Å². The fraction of sp³-hybridized carbons (Fsp3) is 0.375. The number of hydrogen-bond acceptors (Lipinski definition) is 4. The molecule has 0 heterocycles. The van der Waals surface area contributed by atoms with Gasteiger partial charge < -0.3 is 0 Å². The maximum atomic E-state index is 11.7. The number of nitriles is 3. The quantitative estimate of drug-likeness (QED) is 0.783. The van der Waals surface area contributed by atoms with Crippen LogP contribution >= 0.6 is 0 Å². The van der Waals surface area contributed by atoms with Gasteiger partial charge in [-0.3, -0.25) is 4.79 Å². The van der Waals surface area contributed by atoms with E-state index in [-0.39, 0.29) is 28.7 Å². The number of carbonyl (C=O) groups excluding carboxylic acids is 1. The van der Waals surface area contributed by atoms with E-state index in [0.29, 0.717) is 12.0 Å². The van der Waals surface area contributed by atoms with Crippen molar-refractivity contribution in [3.05, 3.63) is 34.4 Å². The summed E-state index contributed by atoms with van der Waals surface area (Å²) in [5.41, 5.74) is 1.66. The monoisotopic (exact) mass is 265 g/mol. The number of ketones is 1. The molecule has 1 aromatic carbocycles. The summed E-state index contributed by atoms with van der Waals surface area (Å²) in [5, 5.41) is 27.0. The van der Waals surface area contributed by atoms with Crippen LogP contribution in [0.15, 0.2) is 12.1 Å². The average Bonchev–Trinajstić information content (AvgIpc) is 2.45. The second-order valence-corrected chi connectivity index (χ2v) is 4.93. The standard InChI is InChI=1S/C16H15N3O/c1-10(11(2)7-17)4-13-5-14(8-18)15(9-19)6-16(13)12(3)20/h5-6,10-11H,4H2,1-3H3/t10?,11-/m1/s1. The molecule has 0 bridgehead atoms. The molecule has 2 atom stereocenters. The number of nitrogens with zero attached hydrogens (tertiary/aromatic N) is 3. The van der Waals surface area contributed by atoms with Crippen molar-refractivity contribution in [3.8, 4) is 18.2 Å². The van der Waals surface area contributed by atoms with Crippen LogP contribution < -0.4 is 0 Å². The second kappa shape index (κ2) is 6.50. The zero-order chi connectivity index (χ0) is 15.3. The highest BCUT2D eigenvalue weighted by molar-refractivity contribution is 5.96. The molecule has 0 amide bonds. The Balaban J connectivity index is 3.32. The second-order valence-electron chi connectivity index (χ2n) is 4.93.